The summed E-state index contributed by atoms with van der Waals surface area (Å²) in [6.07, 6.45) is 8.01. The van der Waals surface area contributed by atoms with E-state index in [1.54, 1.807) is 6.20 Å². The molecular formula is C29H26N6O. The Labute approximate surface area is 209 Å². The fourth-order valence-corrected chi connectivity index (χ4v) is 4.74. The molecule has 0 unspecified atom stereocenters. The van der Waals surface area contributed by atoms with Gasteiger partial charge in [0.2, 0.25) is 0 Å². The van der Waals surface area contributed by atoms with E-state index in [1.807, 2.05) is 73.1 Å². The second-order valence-electron chi connectivity index (χ2n) is 9.15. The van der Waals surface area contributed by atoms with Crippen LogP contribution in [0.2, 0.25) is 0 Å². The molecule has 0 aliphatic carbocycles. The van der Waals surface area contributed by atoms with Gasteiger partial charge >= 0.3 is 0 Å². The van der Waals surface area contributed by atoms with Crippen LogP contribution in [0, 0.1) is 0 Å². The fraction of sp³-hybridized carbons (Fsp3) is 0.172. The maximum Gasteiger partial charge on any atom is 0.276 e. The lowest BCUT2D eigenvalue weighted by molar-refractivity contribution is 0.102. The van der Waals surface area contributed by atoms with Gasteiger partial charge in [-0.15, -0.1) is 0 Å². The fourth-order valence-electron chi connectivity index (χ4n) is 4.74. The first-order chi connectivity index (χ1) is 17.7. The number of aromatic amines is 1. The SMILES string of the molecule is O=C(Nc1ccc(-c2ccccc2)nc1)c1n[nH]c2ccc(-c3cncc(CN4CCCC4)c3)cc12. The van der Waals surface area contributed by atoms with Gasteiger partial charge in [0.05, 0.1) is 23.1 Å². The lowest BCUT2D eigenvalue weighted by Crippen LogP contribution is -2.18. The number of carbonyl (C=O) groups is 1. The van der Waals surface area contributed by atoms with Gasteiger partial charge in [0.15, 0.2) is 5.69 Å². The average molecular weight is 475 g/mol. The molecule has 7 nitrogen and oxygen atoms in total. The molecule has 36 heavy (non-hydrogen) atoms. The predicted molar refractivity (Wildman–Crippen MR) is 141 cm³/mol. The van der Waals surface area contributed by atoms with Crippen molar-refractivity contribution >= 4 is 22.5 Å². The number of hydrogen-bond donors (Lipinski definition) is 2. The monoisotopic (exact) mass is 474 g/mol. The highest BCUT2D eigenvalue weighted by atomic mass is 16.1. The maximum atomic E-state index is 13.1. The number of carbonyl (C=O) groups excluding carboxylic acids is 1. The molecule has 4 heterocycles. The number of likely N-dealkylation sites (tertiary alicyclic amines) is 1. The number of anilines is 1. The van der Waals surface area contributed by atoms with E-state index in [0.717, 1.165) is 52.9 Å². The van der Waals surface area contributed by atoms with Crippen molar-refractivity contribution in [1.82, 2.24) is 25.1 Å². The Bertz CT molecular complexity index is 1500. The number of amides is 1. The van der Waals surface area contributed by atoms with Crippen molar-refractivity contribution in [3.05, 3.63) is 96.6 Å². The molecule has 1 amide bonds. The molecule has 2 aromatic carbocycles. The van der Waals surface area contributed by atoms with Crippen molar-refractivity contribution in [2.45, 2.75) is 19.4 Å². The molecule has 1 aliphatic heterocycles. The number of pyridine rings is 2. The van der Waals surface area contributed by atoms with Gasteiger partial charge in [-0.1, -0.05) is 36.4 Å². The smallest absolute Gasteiger partial charge is 0.276 e. The summed E-state index contributed by atoms with van der Waals surface area (Å²) in [5.74, 6) is -0.284. The van der Waals surface area contributed by atoms with Crippen LogP contribution in [0.4, 0.5) is 5.69 Å². The molecule has 1 fully saturated rings. The normalized spacial score (nSPS) is 13.8. The summed E-state index contributed by atoms with van der Waals surface area (Å²) in [5, 5.41) is 11.0. The third kappa shape index (κ3) is 4.61. The van der Waals surface area contributed by atoms with Crippen LogP contribution in [0.15, 0.2) is 85.3 Å². The molecule has 0 spiro atoms. The third-order valence-electron chi connectivity index (χ3n) is 6.60. The second-order valence-corrected chi connectivity index (χ2v) is 9.15. The van der Waals surface area contributed by atoms with Crippen molar-refractivity contribution in [2.75, 3.05) is 18.4 Å². The molecular weight excluding hydrogens is 448 g/mol. The molecule has 2 N–H and O–H groups in total. The molecule has 0 radical (unpaired) electrons. The van der Waals surface area contributed by atoms with Gasteiger partial charge < -0.3 is 5.32 Å². The number of hydrogen-bond acceptors (Lipinski definition) is 5. The van der Waals surface area contributed by atoms with Crippen molar-refractivity contribution in [1.29, 1.82) is 0 Å². The topological polar surface area (TPSA) is 86.8 Å². The zero-order valence-electron chi connectivity index (χ0n) is 19.8. The van der Waals surface area contributed by atoms with Crippen LogP contribution >= 0.6 is 0 Å². The predicted octanol–water partition coefficient (Wildman–Crippen LogP) is 5.54. The van der Waals surface area contributed by atoms with Crippen LogP contribution in [-0.2, 0) is 6.54 Å². The molecule has 1 saturated heterocycles. The van der Waals surface area contributed by atoms with Gasteiger partial charge in [-0.3, -0.25) is 24.8 Å². The van der Waals surface area contributed by atoms with E-state index >= 15 is 0 Å². The number of nitrogens with one attached hydrogen (secondary N) is 2. The minimum atomic E-state index is -0.284. The highest BCUT2D eigenvalue weighted by Crippen LogP contribution is 2.27. The molecule has 7 heteroatoms. The van der Waals surface area contributed by atoms with Crippen molar-refractivity contribution in [3.63, 3.8) is 0 Å². The summed E-state index contributed by atoms with van der Waals surface area (Å²) in [4.78, 5) is 24.5. The highest BCUT2D eigenvalue weighted by molar-refractivity contribution is 6.11. The number of rotatable bonds is 6. The van der Waals surface area contributed by atoms with Crippen LogP contribution in [-0.4, -0.2) is 44.1 Å². The largest absolute Gasteiger partial charge is 0.319 e. The van der Waals surface area contributed by atoms with Crippen LogP contribution in [0.25, 0.3) is 33.3 Å². The number of H-pyrrole nitrogens is 1. The Morgan fingerprint density at radius 3 is 2.56 bits per heavy atom. The highest BCUT2D eigenvalue weighted by Gasteiger charge is 2.16. The Kier molecular flexibility index (Phi) is 5.97. The summed E-state index contributed by atoms with van der Waals surface area (Å²) in [5.41, 5.74) is 6.88. The van der Waals surface area contributed by atoms with E-state index in [1.165, 1.54) is 18.4 Å². The summed E-state index contributed by atoms with van der Waals surface area (Å²) >= 11 is 0. The van der Waals surface area contributed by atoms with Crippen LogP contribution in [0.3, 0.4) is 0 Å². The molecule has 178 valence electrons. The van der Waals surface area contributed by atoms with E-state index < -0.39 is 0 Å². The maximum absolute atomic E-state index is 13.1. The molecule has 0 bridgehead atoms. The zero-order valence-corrected chi connectivity index (χ0v) is 19.8. The first-order valence-electron chi connectivity index (χ1n) is 12.2. The average Bonchev–Trinajstić information content (AvgIpc) is 3.59. The Morgan fingerprint density at radius 1 is 0.889 bits per heavy atom. The molecule has 0 saturated carbocycles. The van der Waals surface area contributed by atoms with E-state index in [4.69, 9.17) is 0 Å². The Hall–Kier alpha value is -4.36. The van der Waals surface area contributed by atoms with Gasteiger partial charge in [-0.25, -0.2) is 0 Å². The van der Waals surface area contributed by atoms with Crippen LogP contribution in [0.5, 0.6) is 0 Å². The van der Waals surface area contributed by atoms with Gasteiger partial charge in [-0.2, -0.15) is 5.10 Å². The van der Waals surface area contributed by atoms with Crippen molar-refractivity contribution < 1.29 is 4.79 Å². The lowest BCUT2D eigenvalue weighted by Gasteiger charge is -2.14. The zero-order chi connectivity index (χ0) is 24.3. The second kappa shape index (κ2) is 9.71. The van der Waals surface area contributed by atoms with Gasteiger partial charge in [-0.05, 0) is 67.4 Å². The van der Waals surface area contributed by atoms with Gasteiger partial charge in [0, 0.05) is 35.5 Å². The molecule has 5 aromatic rings. The summed E-state index contributed by atoms with van der Waals surface area (Å²) < 4.78 is 0. The summed E-state index contributed by atoms with van der Waals surface area (Å²) in [6, 6.07) is 21.9. The summed E-state index contributed by atoms with van der Waals surface area (Å²) in [6.45, 7) is 3.21. The molecule has 1 aliphatic rings. The lowest BCUT2D eigenvalue weighted by atomic mass is 10.0. The van der Waals surface area contributed by atoms with E-state index in [0.29, 0.717) is 11.4 Å². The molecule has 0 atom stereocenters. The number of benzene rings is 2. The van der Waals surface area contributed by atoms with E-state index in [2.05, 4.69) is 36.4 Å². The van der Waals surface area contributed by atoms with E-state index in [-0.39, 0.29) is 5.91 Å². The van der Waals surface area contributed by atoms with Crippen molar-refractivity contribution in [2.24, 2.45) is 0 Å². The van der Waals surface area contributed by atoms with Gasteiger partial charge in [0.25, 0.3) is 5.91 Å². The Morgan fingerprint density at radius 2 is 1.75 bits per heavy atom. The summed E-state index contributed by atoms with van der Waals surface area (Å²) in [7, 11) is 0. The number of nitrogens with zero attached hydrogens (tertiary/aromatic N) is 4. The van der Waals surface area contributed by atoms with Crippen LogP contribution in [0.1, 0.15) is 28.9 Å². The number of aromatic nitrogens is 4. The van der Waals surface area contributed by atoms with Gasteiger partial charge in [0.1, 0.15) is 0 Å². The first kappa shape index (κ1) is 22.1. The Balaban J connectivity index is 1.23. The number of fused-ring (bicyclic) bond motifs is 1. The van der Waals surface area contributed by atoms with Crippen molar-refractivity contribution in [3.8, 4) is 22.4 Å². The van der Waals surface area contributed by atoms with Crippen LogP contribution < -0.4 is 5.32 Å². The third-order valence-corrected chi connectivity index (χ3v) is 6.60. The molecule has 6 rings (SSSR count). The van der Waals surface area contributed by atoms with E-state index in [9.17, 15) is 4.79 Å². The minimum absolute atomic E-state index is 0.284. The minimum Gasteiger partial charge on any atom is -0.319 e. The molecule has 3 aromatic heterocycles. The first-order valence-corrected chi connectivity index (χ1v) is 12.2. The quantitative estimate of drug-likeness (QED) is 0.338. The standard InChI is InChI=1S/C29H26N6O/c36-29(32-24-9-11-26(31-18-24)21-6-2-1-3-7-21)28-25-15-22(8-10-27(25)33-34-28)23-14-20(16-30-17-23)19-35-12-4-5-13-35/h1-3,6-11,14-18H,4-5,12-13,19H2,(H,32,36)(H,33,34).